The molecule has 1 aliphatic rings. The highest BCUT2D eigenvalue weighted by Crippen LogP contribution is 2.39. The highest BCUT2D eigenvalue weighted by molar-refractivity contribution is 6.30. The first-order valence-electron chi connectivity index (χ1n) is 9.96. The molecule has 0 saturated heterocycles. The lowest BCUT2D eigenvalue weighted by molar-refractivity contribution is 0.0353. The number of carbonyl (C=O) groups excluding carboxylic acids is 1. The van der Waals surface area contributed by atoms with Crippen LogP contribution in [0.15, 0.2) is 30.5 Å². The predicted molar refractivity (Wildman–Crippen MR) is 115 cm³/mol. The molecule has 9 heteroatoms. The number of nitrogens with one attached hydrogen (secondary N) is 1. The van der Waals surface area contributed by atoms with Crippen molar-refractivity contribution < 1.29 is 20.1 Å². The van der Waals surface area contributed by atoms with Gasteiger partial charge in [-0.2, -0.15) is 0 Å². The lowest BCUT2D eigenvalue weighted by atomic mass is 10.0. The number of hydrogen-bond acceptors (Lipinski definition) is 7. The molecular weight excluding hydrogens is 408 g/mol. The Morgan fingerprint density at radius 3 is 2.43 bits per heavy atom. The van der Waals surface area contributed by atoms with Crippen LogP contribution < -0.4 is 10.2 Å². The average Bonchev–Trinajstić information content (AvgIpc) is 3.58. The van der Waals surface area contributed by atoms with Gasteiger partial charge in [0, 0.05) is 30.2 Å². The number of nitrogens with zero attached hydrogens (tertiary/aromatic N) is 3. The van der Waals surface area contributed by atoms with Gasteiger partial charge in [-0.1, -0.05) is 23.7 Å². The summed E-state index contributed by atoms with van der Waals surface area (Å²) < 4.78 is 0. The molecule has 8 nitrogen and oxygen atoms in total. The number of rotatable bonds is 10. The number of amides is 1. The maximum Gasteiger partial charge on any atom is 0.271 e. The predicted octanol–water partition coefficient (Wildman–Crippen LogP) is 1.48. The summed E-state index contributed by atoms with van der Waals surface area (Å²) in [5.41, 5.74) is 0.307. The third kappa shape index (κ3) is 5.46. The van der Waals surface area contributed by atoms with Gasteiger partial charge in [-0.05, 0) is 37.8 Å². The van der Waals surface area contributed by atoms with Crippen molar-refractivity contribution in [1.82, 2.24) is 15.3 Å². The van der Waals surface area contributed by atoms with Gasteiger partial charge in [0.2, 0.25) is 0 Å². The molecule has 1 aromatic heterocycles. The molecule has 1 aromatic carbocycles. The van der Waals surface area contributed by atoms with E-state index in [0.29, 0.717) is 22.1 Å². The van der Waals surface area contributed by atoms with Crippen LogP contribution in [0.5, 0.6) is 0 Å². The van der Waals surface area contributed by atoms with Crippen LogP contribution in [0.2, 0.25) is 5.02 Å². The van der Waals surface area contributed by atoms with Gasteiger partial charge in [-0.3, -0.25) is 4.79 Å². The Labute approximate surface area is 180 Å². The van der Waals surface area contributed by atoms with E-state index < -0.39 is 11.5 Å². The quantitative estimate of drug-likeness (QED) is 0.447. The molecule has 1 amide bonds. The Kier molecular flexibility index (Phi) is 7.25. The van der Waals surface area contributed by atoms with Crippen molar-refractivity contribution in [2.75, 3.05) is 37.7 Å². The number of aromatic nitrogens is 2. The molecule has 0 bridgehead atoms. The molecule has 162 valence electrons. The first-order valence-corrected chi connectivity index (χ1v) is 10.3. The minimum absolute atomic E-state index is 0.114. The van der Waals surface area contributed by atoms with E-state index in [-0.39, 0.29) is 44.5 Å². The highest BCUT2D eigenvalue weighted by Gasteiger charge is 2.40. The first kappa shape index (κ1) is 22.4. The number of hydrogen-bond donors (Lipinski definition) is 4. The summed E-state index contributed by atoms with van der Waals surface area (Å²) in [6, 6.07) is 6.96. The van der Waals surface area contributed by atoms with Crippen LogP contribution in [-0.4, -0.2) is 69.6 Å². The van der Waals surface area contributed by atoms with Gasteiger partial charge < -0.3 is 25.5 Å². The number of anilines is 1. The van der Waals surface area contributed by atoms with E-state index in [0.717, 1.165) is 12.8 Å². The van der Waals surface area contributed by atoms with Crippen molar-refractivity contribution in [3.8, 4) is 11.3 Å². The maximum absolute atomic E-state index is 12.7. The van der Waals surface area contributed by atoms with Crippen molar-refractivity contribution >= 4 is 23.3 Å². The van der Waals surface area contributed by atoms with Gasteiger partial charge >= 0.3 is 0 Å². The van der Waals surface area contributed by atoms with Crippen LogP contribution in [0.3, 0.4) is 0 Å². The fourth-order valence-corrected chi connectivity index (χ4v) is 3.42. The second-order valence-corrected chi connectivity index (χ2v) is 8.12. The van der Waals surface area contributed by atoms with Crippen LogP contribution in [0, 0.1) is 5.92 Å². The number of aliphatic hydroxyl groups excluding tert-OH is 2. The Morgan fingerprint density at radius 1 is 1.23 bits per heavy atom. The lowest BCUT2D eigenvalue weighted by Crippen LogP contribution is -2.42. The fourth-order valence-electron chi connectivity index (χ4n) is 3.29. The molecule has 0 spiro atoms. The second-order valence-electron chi connectivity index (χ2n) is 7.68. The van der Waals surface area contributed by atoms with Crippen LogP contribution in [0.25, 0.3) is 11.3 Å². The van der Waals surface area contributed by atoms with Gasteiger partial charge in [0.25, 0.3) is 5.91 Å². The molecule has 2 aromatic rings. The fraction of sp³-hybridized carbons (Fsp3) is 0.476. The van der Waals surface area contributed by atoms with Crippen molar-refractivity contribution in [3.05, 3.63) is 41.2 Å². The third-order valence-electron chi connectivity index (χ3n) is 5.21. The highest BCUT2D eigenvalue weighted by atomic mass is 35.5. The lowest BCUT2D eigenvalue weighted by Gasteiger charge is -2.25. The minimum atomic E-state index is -0.943. The molecule has 1 heterocycles. The largest absolute Gasteiger partial charge is 0.395 e. The summed E-state index contributed by atoms with van der Waals surface area (Å²) in [7, 11) is 0. The van der Waals surface area contributed by atoms with Gasteiger partial charge in [0.05, 0.1) is 25.0 Å². The van der Waals surface area contributed by atoms with Crippen LogP contribution in [0.1, 0.15) is 30.3 Å². The molecule has 30 heavy (non-hydrogen) atoms. The molecule has 1 aliphatic carbocycles. The maximum atomic E-state index is 12.7. The summed E-state index contributed by atoms with van der Waals surface area (Å²) in [6.07, 6.45) is 3.28. The van der Waals surface area contributed by atoms with Gasteiger partial charge in [-0.15, -0.1) is 0 Å². The second kappa shape index (κ2) is 9.70. The molecule has 1 atom stereocenters. The van der Waals surface area contributed by atoms with E-state index in [9.17, 15) is 20.1 Å². The summed E-state index contributed by atoms with van der Waals surface area (Å²) >= 11 is 6.00. The average molecular weight is 435 g/mol. The van der Waals surface area contributed by atoms with E-state index in [1.54, 1.807) is 36.1 Å². The zero-order chi connectivity index (χ0) is 21.7. The van der Waals surface area contributed by atoms with Gasteiger partial charge in [0.15, 0.2) is 5.82 Å². The zero-order valence-electron chi connectivity index (χ0n) is 16.9. The van der Waals surface area contributed by atoms with E-state index in [1.807, 2.05) is 0 Å². The first-order chi connectivity index (χ1) is 14.4. The van der Waals surface area contributed by atoms with E-state index in [2.05, 4.69) is 15.3 Å². The van der Waals surface area contributed by atoms with Crippen molar-refractivity contribution in [1.29, 1.82) is 0 Å². The summed E-state index contributed by atoms with van der Waals surface area (Å²) in [4.78, 5) is 23.3. The zero-order valence-corrected chi connectivity index (χ0v) is 17.6. The minimum Gasteiger partial charge on any atom is -0.395 e. The molecule has 3 rings (SSSR count). The molecule has 0 radical (unpaired) electrons. The standard InChI is InChI=1S/C21H27ClN4O4/c1-21(30,15-4-5-15)13-24-20(29)17-12-23-19(26(8-10-27)9-11-28)18(25-17)14-2-6-16(22)7-3-14/h2-3,6-7,12,15,27-28,30H,4-5,8-11,13H2,1H3,(H,24,29)/t21-/m0/s1. The Bertz CT molecular complexity index is 866. The van der Waals surface area contributed by atoms with Crippen molar-refractivity contribution in [2.45, 2.75) is 25.4 Å². The van der Waals surface area contributed by atoms with Crippen LogP contribution in [-0.2, 0) is 0 Å². The number of halogens is 1. The number of carbonyl (C=O) groups is 1. The molecular formula is C21H27ClN4O4. The van der Waals surface area contributed by atoms with Crippen LogP contribution >= 0.6 is 11.6 Å². The monoisotopic (exact) mass is 434 g/mol. The van der Waals surface area contributed by atoms with Gasteiger partial charge in [-0.25, -0.2) is 9.97 Å². The Morgan fingerprint density at radius 2 is 1.87 bits per heavy atom. The SMILES string of the molecule is C[C@](O)(CNC(=O)c1cnc(N(CCO)CCO)c(-c2ccc(Cl)cc2)n1)C1CC1. The molecule has 1 fully saturated rings. The third-order valence-corrected chi connectivity index (χ3v) is 5.46. The number of aliphatic hydroxyl groups is 3. The molecule has 1 saturated carbocycles. The van der Waals surface area contributed by atoms with Gasteiger partial charge in [0.1, 0.15) is 11.4 Å². The smallest absolute Gasteiger partial charge is 0.271 e. The molecule has 4 N–H and O–H groups in total. The van der Waals surface area contributed by atoms with Crippen molar-refractivity contribution in [3.63, 3.8) is 0 Å². The normalized spacial score (nSPS) is 15.5. The molecule has 0 aliphatic heterocycles. The van der Waals surface area contributed by atoms with E-state index in [1.165, 1.54) is 6.20 Å². The van der Waals surface area contributed by atoms with Crippen LogP contribution in [0.4, 0.5) is 5.82 Å². The van der Waals surface area contributed by atoms with E-state index in [4.69, 9.17) is 11.6 Å². The van der Waals surface area contributed by atoms with Crippen molar-refractivity contribution in [2.24, 2.45) is 5.92 Å². The summed E-state index contributed by atoms with van der Waals surface area (Å²) in [6.45, 7) is 2.12. The Hall–Kier alpha value is -2.26. The summed E-state index contributed by atoms with van der Waals surface area (Å²) in [5.74, 6) is 0.226. The molecule has 0 unspecified atom stereocenters. The topological polar surface area (TPSA) is 119 Å². The number of benzene rings is 1. The van der Waals surface area contributed by atoms with E-state index >= 15 is 0 Å². The Balaban J connectivity index is 1.90. The summed E-state index contributed by atoms with van der Waals surface area (Å²) in [5, 5.41) is 32.5.